The van der Waals surface area contributed by atoms with Crippen LogP contribution in [0.2, 0.25) is 10.0 Å². The lowest BCUT2D eigenvalue weighted by atomic mass is 10.1. The summed E-state index contributed by atoms with van der Waals surface area (Å²) < 4.78 is 30.3. The molecule has 2 aromatic heterocycles. The standard InChI is InChI=1S/C20H14Cl2F2N6O2/c21-13-4-1-12(15(22)7-13)9-30-10-25-20(29-30)26-18(31)17-8-16(27-28-17)11-2-5-14(6-3-11)32-19(23)24/h1-8,10,19H,9H2,(H,27,28)(H,26,29,31). The Balaban J connectivity index is 1.40. The average Bonchev–Trinajstić information content (AvgIpc) is 3.40. The van der Waals surface area contributed by atoms with Gasteiger partial charge in [-0.2, -0.15) is 13.9 Å². The third-order valence-corrected chi connectivity index (χ3v) is 4.89. The molecule has 0 saturated heterocycles. The molecule has 4 rings (SSSR count). The van der Waals surface area contributed by atoms with Crippen LogP contribution in [0.15, 0.2) is 54.9 Å². The fourth-order valence-corrected chi connectivity index (χ4v) is 3.28. The summed E-state index contributed by atoms with van der Waals surface area (Å²) in [6.07, 6.45) is 1.46. The van der Waals surface area contributed by atoms with Crippen LogP contribution in [0, 0.1) is 0 Å². The highest BCUT2D eigenvalue weighted by Gasteiger charge is 2.14. The zero-order valence-electron chi connectivity index (χ0n) is 16.1. The molecule has 0 aliphatic rings. The van der Waals surface area contributed by atoms with Crippen molar-refractivity contribution < 1.29 is 18.3 Å². The van der Waals surface area contributed by atoms with E-state index >= 15 is 0 Å². The number of amides is 1. The second-order valence-corrected chi connectivity index (χ2v) is 7.37. The number of rotatable bonds is 7. The minimum absolute atomic E-state index is 0.0267. The van der Waals surface area contributed by atoms with Gasteiger partial charge in [0.1, 0.15) is 17.8 Å². The monoisotopic (exact) mass is 478 g/mol. The first-order chi connectivity index (χ1) is 15.4. The molecule has 8 nitrogen and oxygen atoms in total. The number of halogens is 4. The van der Waals surface area contributed by atoms with Crippen LogP contribution in [0.3, 0.4) is 0 Å². The molecular formula is C20H14Cl2F2N6O2. The first-order valence-electron chi connectivity index (χ1n) is 9.13. The number of hydrogen-bond acceptors (Lipinski definition) is 5. The lowest BCUT2D eigenvalue weighted by molar-refractivity contribution is -0.0498. The number of anilines is 1. The third kappa shape index (κ3) is 5.21. The molecule has 2 aromatic carbocycles. The zero-order chi connectivity index (χ0) is 22.7. The summed E-state index contributed by atoms with van der Waals surface area (Å²) in [7, 11) is 0. The van der Waals surface area contributed by atoms with Crippen molar-refractivity contribution in [2.24, 2.45) is 0 Å². The van der Waals surface area contributed by atoms with Crippen LogP contribution < -0.4 is 10.1 Å². The fraction of sp³-hybridized carbons (Fsp3) is 0.100. The number of carbonyl (C=O) groups is 1. The maximum Gasteiger partial charge on any atom is 0.387 e. The summed E-state index contributed by atoms with van der Waals surface area (Å²) >= 11 is 12.1. The zero-order valence-corrected chi connectivity index (χ0v) is 17.6. The molecule has 1 amide bonds. The lowest BCUT2D eigenvalue weighted by Crippen LogP contribution is -2.14. The van der Waals surface area contributed by atoms with Gasteiger partial charge in [0.2, 0.25) is 5.95 Å². The second-order valence-electron chi connectivity index (χ2n) is 6.53. The van der Waals surface area contributed by atoms with E-state index in [0.717, 1.165) is 5.56 Å². The quantitative estimate of drug-likeness (QED) is 0.394. The Labute approximate surface area is 190 Å². The molecule has 0 bridgehead atoms. The number of aromatic amines is 1. The smallest absolute Gasteiger partial charge is 0.387 e. The van der Waals surface area contributed by atoms with Crippen molar-refractivity contribution in [3.63, 3.8) is 0 Å². The number of benzene rings is 2. The molecule has 0 fully saturated rings. The number of hydrogen-bond donors (Lipinski definition) is 2. The van der Waals surface area contributed by atoms with Gasteiger partial charge in [0.05, 0.1) is 12.2 Å². The Kier molecular flexibility index (Phi) is 6.33. The molecule has 0 unspecified atom stereocenters. The predicted octanol–water partition coefficient (Wildman–Crippen LogP) is 4.88. The van der Waals surface area contributed by atoms with Crippen molar-refractivity contribution in [3.8, 4) is 17.0 Å². The third-order valence-electron chi connectivity index (χ3n) is 4.31. The maximum atomic E-state index is 12.5. The van der Waals surface area contributed by atoms with Gasteiger partial charge in [0, 0.05) is 15.6 Å². The van der Waals surface area contributed by atoms with E-state index in [4.69, 9.17) is 23.2 Å². The number of aromatic nitrogens is 5. The van der Waals surface area contributed by atoms with E-state index in [-0.39, 0.29) is 17.4 Å². The summed E-state index contributed by atoms with van der Waals surface area (Å²) in [6.45, 7) is -2.56. The summed E-state index contributed by atoms with van der Waals surface area (Å²) in [5, 5.41) is 14.5. The van der Waals surface area contributed by atoms with Crippen molar-refractivity contribution in [1.82, 2.24) is 25.0 Å². The highest BCUT2D eigenvalue weighted by molar-refractivity contribution is 6.35. The molecule has 0 spiro atoms. The minimum Gasteiger partial charge on any atom is -0.435 e. The topological polar surface area (TPSA) is 97.7 Å². The Bertz CT molecular complexity index is 1240. The van der Waals surface area contributed by atoms with Gasteiger partial charge in [-0.25, -0.2) is 9.67 Å². The number of H-pyrrole nitrogens is 1. The predicted molar refractivity (Wildman–Crippen MR) is 114 cm³/mol. The fourth-order valence-electron chi connectivity index (χ4n) is 2.81. The molecule has 164 valence electrons. The molecule has 32 heavy (non-hydrogen) atoms. The minimum atomic E-state index is -2.90. The maximum absolute atomic E-state index is 12.5. The van der Waals surface area contributed by atoms with Crippen LogP contribution in [0.5, 0.6) is 5.75 Å². The largest absolute Gasteiger partial charge is 0.435 e. The van der Waals surface area contributed by atoms with Crippen molar-refractivity contribution in [2.75, 3.05) is 5.32 Å². The van der Waals surface area contributed by atoms with Crippen LogP contribution in [0.1, 0.15) is 16.1 Å². The van der Waals surface area contributed by atoms with Crippen LogP contribution in [-0.2, 0) is 6.54 Å². The van der Waals surface area contributed by atoms with E-state index in [1.54, 1.807) is 30.3 Å². The molecule has 2 N–H and O–H groups in total. The molecule has 0 saturated carbocycles. The van der Waals surface area contributed by atoms with E-state index < -0.39 is 12.5 Å². The highest BCUT2D eigenvalue weighted by Crippen LogP contribution is 2.23. The summed E-state index contributed by atoms with van der Waals surface area (Å²) in [4.78, 5) is 16.5. The number of carbonyl (C=O) groups excluding carboxylic acids is 1. The Hall–Kier alpha value is -3.50. The first kappa shape index (κ1) is 21.7. The second kappa shape index (κ2) is 9.33. The van der Waals surface area contributed by atoms with Gasteiger partial charge in [0.15, 0.2) is 0 Å². The summed E-state index contributed by atoms with van der Waals surface area (Å²) in [5.74, 6) is -0.368. The van der Waals surface area contributed by atoms with Crippen molar-refractivity contribution in [1.29, 1.82) is 0 Å². The molecule has 12 heteroatoms. The SMILES string of the molecule is O=C(Nc1ncn(Cc2ccc(Cl)cc2Cl)n1)c1cc(-c2ccc(OC(F)F)cc2)n[nH]1. The van der Waals surface area contributed by atoms with Gasteiger partial charge in [-0.05, 0) is 48.0 Å². The number of alkyl halides is 2. The van der Waals surface area contributed by atoms with Crippen molar-refractivity contribution in [2.45, 2.75) is 13.2 Å². The molecule has 0 aliphatic carbocycles. The van der Waals surface area contributed by atoms with Crippen molar-refractivity contribution >= 4 is 35.1 Å². The number of ether oxygens (including phenoxy) is 1. The van der Waals surface area contributed by atoms with E-state index in [1.165, 1.54) is 29.2 Å². The van der Waals surface area contributed by atoms with Gasteiger partial charge in [-0.3, -0.25) is 15.2 Å². The molecule has 0 radical (unpaired) electrons. The Morgan fingerprint density at radius 2 is 1.94 bits per heavy atom. The molecule has 4 aromatic rings. The van der Waals surface area contributed by atoms with Crippen LogP contribution in [0.4, 0.5) is 14.7 Å². The van der Waals surface area contributed by atoms with Gasteiger partial charge < -0.3 is 4.74 Å². The van der Waals surface area contributed by atoms with Gasteiger partial charge in [-0.1, -0.05) is 29.3 Å². The average molecular weight is 479 g/mol. The van der Waals surface area contributed by atoms with Crippen LogP contribution in [0.25, 0.3) is 11.3 Å². The Morgan fingerprint density at radius 3 is 2.66 bits per heavy atom. The van der Waals surface area contributed by atoms with E-state index in [9.17, 15) is 13.6 Å². The van der Waals surface area contributed by atoms with Gasteiger partial charge in [-0.15, -0.1) is 5.10 Å². The Morgan fingerprint density at radius 1 is 1.16 bits per heavy atom. The van der Waals surface area contributed by atoms with E-state index in [0.29, 0.717) is 27.8 Å². The van der Waals surface area contributed by atoms with E-state index in [2.05, 4.69) is 30.3 Å². The summed E-state index contributed by atoms with van der Waals surface area (Å²) in [5.41, 5.74) is 2.03. The van der Waals surface area contributed by atoms with Crippen LogP contribution >= 0.6 is 23.2 Å². The molecule has 2 heterocycles. The van der Waals surface area contributed by atoms with E-state index in [1.807, 2.05) is 0 Å². The number of nitrogens with zero attached hydrogens (tertiary/aromatic N) is 4. The normalized spacial score (nSPS) is 11.0. The lowest BCUT2D eigenvalue weighted by Gasteiger charge is -2.04. The van der Waals surface area contributed by atoms with Gasteiger partial charge in [0.25, 0.3) is 5.91 Å². The molecular weight excluding hydrogens is 465 g/mol. The van der Waals surface area contributed by atoms with Gasteiger partial charge >= 0.3 is 6.61 Å². The molecule has 0 atom stereocenters. The highest BCUT2D eigenvalue weighted by atomic mass is 35.5. The van der Waals surface area contributed by atoms with Crippen molar-refractivity contribution in [3.05, 3.63) is 76.2 Å². The molecule has 0 aliphatic heterocycles. The summed E-state index contributed by atoms with van der Waals surface area (Å²) in [6, 6.07) is 12.5. The van der Waals surface area contributed by atoms with Crippen LogP contribution in [-0.4, -0.2) is 37.5 Å². The number of nitrogens with one attached hydrogen (secondary N) is 2. The first-order valence-corrected chi connectivity index (χ1v) is 9.88.